The number of rotatable bonds is 8. The lowest BCUT2D eigenvalue weighted by molar-refractivity contribution is 0.0495. The zero-order valence-corrected chi connectivity index (χ0v) is 19.8. The van der Waals surface area contributed by atoms with Crippen LogP contribution in [0.15, 0.2) is 105 Å². The third kappa shape index (κ3) is 5.28. The molecule has 0 radical (unpaired) electrons. The first-order valence-corrected chi connectivity index (χ1v) is 12.5. The van der Waals surface area contributed by atoms with Crippen molar-refractivity contribution in [1.29, 1.82) is 0 Å². The van der Waals surface area contributed by atoms with Gasteiger partial charge in [0.1, 0.15) is 11.1 Å². The largest absolute Gasteiger partial charge is 0.462 e. The topological polar surface area (TPSA) is 69.4 Å². The van der Waals surface area contributed by atoms with E-state index in [-0.39, 0.29) is 12.2 Å². The van der Waals surface area contributed by atoms with Gasteiger partial charge in [0.2, 0.25) is 0 Å². The molecule has 0 saturated heterocycles. The third-order valence-electron chi connectivity index (χ3n) is 5.64. The Kier molecular flexibility index (Phi) is 6.91. The van der Waals surface area contributed by atoms with Crippen molar-refractivity contribution in [2.24, 2.45) is 0 Å². The minimum Gasteiger partial charge on any atom is -0.462 e. The van der Waals surface area contributed by atoms with Gasteiger partial charge in [0.25, 0.3) is 0 Å². The standard InChI is InChI=1S/C29H23NO4S/c31-28(23-18-21-12-4-7-15-26(21)34-29(23)32)33-16-8-9-17-35-27-19-25(20-10-2-1-3-11-20)30-24-14-6-5-13-22(24)27/h1-7,10-15,18-19H,8-9,16-17H2. The Balaban J connectivity index is 1.18. The average Bonchev–Trinajstić information content (AvgIpc) is 2.90. The molecule has 0 bridgehead atoms. The summed E-state index contributed by atoms with van der Waals surface area (Å²) in [4.78, 5) is 30.5. The van der Waals surface area contributed by atoms with Gasteiger partial charge in [0.15, 0.2) is 0 Å². The molecule has 174 valence electrons. The molecule has 0 atom stereocenters. The normalized spacial score (nSPS) is 11.1. The van der Waals surface area contributed by atoms with Gasteiger partial charge in [0.05, 0.1) is 17.8 Å². The molecule has 0 aliphatic carbocycles. The van der Waals surface area contributed by atoms with E-state index in [1.165, 1.54) is 11.0 Å². The van der Waals surface area contributed by atoms with Crippen LogP contribution >= 0.6 is 11.8 Å². The lowest BCUT2D eigenvalue weighted by atomic mass is 10.1. The molecule has 35 heavy (non-hydrogen) atoms. The van der Waals surface area contributed by atoms with Crippen molar-refractivity contribution in [3.05, 3.63) is 107 Å². The van der Waals surface area contributed by atoms with E-state index in [2.05, 4.69) is 24.3 Å². The average molecular weight is 482 g/mol. The molecule has 0 spiro atoms. The number of nitrogens with zero attached hydrogens (tertiary/aromatic N) is 1. The molecule has 5 rings (SSSR count). The maximum Gasteiger partial charge on any atom is 0.351 e. The zero-order valence-electron chi connectivity index (χ0n) is 19.0. The molecule has 2 heterocycles. The number of hydrogen-bond donors (Lipinski definition) is 0. The van der Waals surface area contributed by atoms with E-state index < -0.39 is 11.6 Å². The summed E-state index contributed by atoms with van der Waals surface area (Å²) < 4.78 is 10.6. The number of para-hydroxylation sites is 2. The SMILES string of the molecule is O=C(OCCCCSc1cc(-c2ccccc2)nc2ccccc12)c1cc2ccccc2oc1=O. The van der Waals surface area contributed by atoms with Crippen LogP contribution in [0.3, 0.4) is 0 Å². The molecule has 0 aliphatic rings. The lowest BCUT2D eigenvalue weighted by Crippen LogP contribution is -2.17. The van der Waals surface area contributed by atoms with E-state index in [4.69, 9.17) is 14.1 Å². The van der Waals surface area contributed by atoms with Crippen LogP contribution < -0.4 is 5.63 Å². The molecule has 0 saturated carbocycles. The fourth-order valence-corrected chi connectivity index (χ4v) is 4.94. The molecule has 3 aromatic carbocycles. The Labute approximate surface area is 206 Å². The first kappa shape index (κ1) is 22.9. The zero-order chi connectivity index (χ0) is 24.0. The van der Waals surface area contributed by atoms with Gasteiger partial charge in [-0.25, -0.2) is 14.6 Å². The predicted molar refractivity (Wildman–Crippen MR) is 140 cm³/mol. The predicted octanol–water partition coefficient (Wildman–Crippen LogP) is 6.74. The lowest BCUT2D eigenvalue weighted by Gasteiger charge is -2.10. The Morgan fingerprint density at radius 2 is 1.66 bits per heavy atom. The third-order valence-corrected chi connectivity index (χ3v) is 6.78. The number of carbonyl (C=O) groups excluding carboxylic acids is 1. The highest BCUT2D eigenvalue weighted by Gasteiger charge is 2.15. The summed E-state index contributed by atoms with van der Waals surface area (Å²) in [5.74, 6) is 0.225. The van der Waals surface area contributed by atoms with Crippen LogP contribution in [0.2, 0.25) is 0 Å². The van der Waals surface area contributed by atoms with Gasteiger partial charge in [-0.3, -0.25) is 0 Å². The molecule has 0 fully saturated rings. The molecule has 5 aromatic rings. The van der Waals surface area contributed by atoms with Crippen molar-refractivity contribution >= 4 is 39.6 Å². The Hall–Kier alpha value is -3.90. The maximum atomic E-state index is 12.4. The van der Waals surface area contributed by atoms with E-state index in [0.717, 1.165) is 34.3 Å². The van der Waals surface area contributed by atoms with Gasteiger partial charge in [-0.05, 0) is 42.9 Å². The Morgan fingerprint density at radius 1 is 0.886 bits per heavy atom. The van der Waals surface area contributed by atoms with Crippen LogP contribution in [0.5, 0.6) is 0 Å². The summed E-state index contributed by atoms with van der Waals surface area (Å²) in [6.07, 6.45) is 1.56. The van der Waals surface area contributed by atoms with E-state index >= 15 is 0 Å². The van der Waals surface area contributed by atoms with Crippen molar-refractivity contribution < 1.29 is 13.9 Å². The second kappa shape index (κ2) is 10.6. The summed E-state index contributed by atoms with van der Waals surface area (Å²) in [5, 5.41) is 1.82. The minimum absolute atomic E-state index is 0.0743. The number of benzene rings is 3. The van der Waals surface area contributed by atoms with Crippen LogP contribution in [0.25, 0.3) is 33.1 Å². The molecule has 0 unspecified atom stereocenters. The quantitative estimate of drug-likeness (QED) is 0.106. The molecular formula is C29H23NO4S. The number of hydrogen-bond acceptors (Lipinski definition) is 6. The van der Waals surface area contributed by atoms with Crippen molar-refractivity contribution in [2.75, 3.05) is 12.4 Å². The van der Waals surface area contributed by atoms with Crippen molar-refractivity contribution in [2.45, 2.75) is 17.7 Å². The second-order valence-corrected chi connectivity index (χ2v) is 9.20. The molecule has 0 aliphatic heterocycles. The second-order valence-electron chi connectivity index (χ2n) is 8.07. The number of unbranched alkanes of at least 4 members (excludes halogenated alkanes) is 1. The molecule has 2 aromatic heterocycles. The number of esters is 1. The summed E-state index contributed by atoms with van der Waals surface area (Å²) >= 11 is 1.77. The van der Waals surface area contributed by atoms with Crippen molar-refractivity contribution in [1.82, 2.24) is 4.98 Å². The molecular weight excluding hydrogens is 458 g/mol. The van der Waals surface area contributed by atoms with Gasteiger partial charge in [-0.15, -0.1) is 11.8 Å². The Bertz CT molecular complexity index is 1550. The monoisotopic (exact) mass is 481 g/mol. The van der Waals surface area contributed by atoms with Gasteiger partial charge in [-0.1, -0.05) is 66.7 Å². The summed E-state index contributed by atoms with van der Waals surface area (Å²) in [5.41, 5.74) is 2.71. The molecule has 6 heteroatoms. The van der Waals surface area contributed by atoms with Crippen molar-refractivity contribution in [3.63, 3.8) is 0 Å². The van der Waals surface area contributed by atoms with Gasteiger partial charge in [0, 0.05) is 21.2 Å². The van der Waals surface area contributed by atoms with Crippen LogP contribution in [-0.2, 0) is 4.74 Å². The van der Waals surface area contributed by atoms with E-state index in [1.54, 1.807) is 30.0 Å². The number of aromatic nitrogens is 1. The van der Waals surface area contributed by atoms with E-state index in [9.17, 15) is 9.59 Å². The summed E-state index contributed by atoms with van der Waals surface area (Å²) in [6.45, 7) is 0.248. The highest BCUT2D eigenvalue weighted by Crippen LogP contribution is 2.32. The maximum absolute atomic E-state index is 12.4. The Morgan fingerprint density at radius 3 is 2.54 bits per heavy atom. The summed E-state index contributed by atoms with van der Waals surface area (Å²) in [6, 6.07) is 29.1. The number of ether oxygens (including phenoxy) is 1. The highest BCUT2D eigenvalue weighted by molar-refractivity contribution is 7.99. The first-order valence-electron chi connectivity index (χ1n) is 11.5. The molecule has 0 amide bonds. The fraction of sp³-hybridized carbons (Fsp3) is 0.138. The van der Waals surface area contributed by atoms with Crippen LogP contribution in [0.4, 0.5) is 0 Å². The number of fused-ring (bicyclic) bond motifs is 2. The molecule has 0 N–H and O–H groups in total. The first-order chi connectivity index (χ1) is 17.2. The summed E-state index contributed by atoms with van der Waals surface area (Å²) in [7, 11) is 0. The van der Waals surface area contributed by atoms with Gasteiger partial charge < -0.3 is 9.15 Å². The van der Waals surface area contributed by atoms with Crippen LogP contribution in [-0.4, -0.2) is 23.3 Å². The fourth-order valence-electron chi connectivity index (χ4n) is 3.85. The number of thioether (sulfide) groups is 1. The highest BCUT2D eigenvalue weighted by atomic mass is 32.2. The number of pyridine rings is 1. The van der Waals surface area contributed by atoms with Crippen LogP contribution in [0, 0.1) is 0 Å². The van der Waals surface area contributed by atoms with Crippen molar-refractivity contribution in [3.8, 4) is 11.3 Å². The van der Waals surface area contributed by atoms with Gasteiger partial charge in [-0.2, -0.15) is 0 Å². The minimum atomic E-state index is -0.678. The smallest absolute Gasteiger partial charge is 0.351 e. The van der Waals surface area contributed by atoms with Crippen LogP contribution in [0.1, 0.15) is 23.2 Å². The van der Waals surface area contributed by atoms with Gasteiger partial charge >= 0.3 is 11.6 Å². The van der Waals surface area contributed by atoms with E-state index in [1.807, 2.05) is 42.5 Å². The number of carbonyl (C=O) groups is 1. The molecule has 5 nitrogen and oxygen atoms in total. The van der Waals surface area contributed by atoms with E-state index in [0.29, 0.717) is 17.4 Å².